The van der Waals surface area contributed by atoms with E-state index in [-0.39, 0.29) is 6.04 Å². The maximum Gasteiger partial charge on any atom is 0.134 e. The van der Waals surface area contributed by atoms with Crippen LogP contribution in [-0.4, -0.2) is 9.78 Å². The number of furan rings is 1. The van der Waals surface area contributed by atoms with Crippen LogP contribution in [0, 0.1) is 6.92 Å². The van der Waals surface area contributed by atoms with Crippen molar-refractivity contribution in [2.24, 2.45) is 7.05 Å². The molecule has 3 aromatic rings. The average molecular weight is 269 g/mol. The van der Waals surface area contributed by atoms with Crippen LogP contribution in [0.25, 0.3) is 11.0 Å². The molecule has 0 radical (unpaired) electrons. The molecule has 1 atom stereocenters. The first kappa shape index (κ1) is 12.9. The van der Waals surface area contributed by atoms with Crippen LogP contribution >= 0.6 is 0 Å². The molecule has 0 fully saturated rings. The second kappa shape index (κ2) is 5.13. The van der Waals surface area contributed by atoms with Crippen LogP contribution in [-0.2, 0) is 13.6 Å². The fourth-order valence-corrected chi connectivity index (χ4v) is 2.48. The van der Waals surface area contributed by atoms with Crippen LogP contribution in [0.4, 0.5) is 0 Å². The van der Waals surface area contributed by atoms with E-state index in [4.69, 9.17) is 4.42 Å². The molecule has 0 bridgehead atoms. The normalized spacial score (nSPS) is 12.9. The summed E-state index contributed by atoms with van der Waals surface area (Å²) in [4.78, 5) is 0. The molecule has 0 amide bonds. The van der Waals surface area contributed by atoms with Gasteiger partial charge in [-0.1, -0.05) is 18.2 Å². The van der Waals surface area contributed by atoms with Crippen LogP contribution in [0.2, 0.25) is 0 Å². The summed E-state index contributed by atoms with van der Waals surface area (Å²) in [5, 5.41) is 9.00. The number of para-hydroxylation sites is 1. The Morgan fingerprint density at radius 1 is 1.35 bits per heavy atom. The van der Waals surface area contributed by atoms with Crippen molar-refractivity contribution in [3.05, 3.63) is 53.5 Å². The molecule has 104 valence electrons. The van der Waals surface area contributed by atoms with E-state index in [0.717, 1.165) is 12.1 Å². The number of aryl methyl sites for hydroxylation is 1. The van der Waals surface area contributed by atoms with Crippen LogP contribution in [0.3, 0.4) is 0 Å². The molecule has 4 nitrogen and oxygen atoms in total. The van der Waals surface area contributed by atoms with Crippen LogP contribution in [0.5, 0.6) is 0 Å². The van der Waals surface area contributed by atoms with E-state index in [9.17, 15) is 0 Å². The maximum atomic E-state index is 5.56. The topological polar surface area (TPSA) is 43.0 Å². The number of fused-ring (bicyclic) bond motifs is 1. The Labute approximate surface area is 118 Å². The summed E-state index contributed by atoms with van der Waals surface area (Å²) in [6, 6.07) is 8.38. The Hall–Kier alpha value is -2.07. The Morgan fingerprint density at radius 3 is 2.90 bits per heavy atom. The van der Waals surface area contributed by atoms with E-state index >= 15 is 0 Å². The summed E-state index contributed by atoms with van der Waals surface area (Å²) in [6.07, 6.45) is 3.76. The zero-order valence-electron chi connectivity index (χ0n) is 12.1. The Bertz CT molecular complexity index is 726. The van der Waals surface area contributed by atoms with E-state index in [0.29, 0.717) is 0 Å². The number of rotatable bonds is 4. The van der Waals surface area contributed by atoms with Gasteiger partial charge in [-0.2, -0.15) is 5.10 Å². The van der Waals surface area contributed by atoms with Crippen molar-refractivity contribution in [3.8, 4) is 0 Å². The number of benzene rings is 1. The highest BCUT2D eigenvalue weighted by atomic mass is 16.3. The van der Waals surface area contributed by atoms with E-state index in [1.165, 1.54) is 22.2 Å². The fourth-order valence-electron chi connectivity index (χ4n) is 2.48. The van der Waals surface area contributed by atoms with E-state index in [1.807, 2.05) is 42.4 Å². The first-order chi connectivity index (χ1) is 9.66. The lowest BCUT2D eigenvalue weighted by atomic mass is 10.1. The molecule has 2 aromatic heterocycles. The lowest BCUT2D eigenvalue weighted by Crippen LogP contribution is -2.18. The minimum absolute atomic E-state index is 0.261. The van der Waals surface area contributed by atoms with Crippen molar-refractivity contribution in [2.45, 2.75) is 26.4 Å². The highest BCUT2D eigenvalue weighted by molar-refractivity contribution is 5.80. The summed E-state index contributed by atoms with van der Waals surface area (Å²) in [5.74, 6) is 0. The minimum Gasteiger partial charge on any atom is -0.464 e. The predicted molar refractivity (Wildman–Crippen MR) is 79.4 cm³/mol. The van der Waals surface area contributed by atoms with Crippen molar-refractivity contribution in [3.63, 3.8) is 0 Å². The lowest BCUT2D eigenvalue weighted by Gasteiger charge is -2.13. The molecule has 1 N–H and O–H groups in total. The van der Waals surface area contributed by atoms with E-state index in [1.54, 1.807) is 0 Å². The molecule has 1 aromatic carbocycles. The summed E-state index contributed by atoms with van der Waals surface area (Å²) in [7, 11) is 1.97. The number of hydrogen-bond acceptors (Lipinski definition) is 3. The third kappa shape index (κ3) is 2.23. The molecule has 0 aliphatic carbocycles. The minimum atomic E-state index is 0.261. The van der Waals surface area contributed by atoms with Crippen LogP contribution in [0.1, 0.15) is 29.8 Å². The van der Waals surface area contributed by atoms with Gasteiger partial charge in [0.1, 0.15) is 5.58 Å². The van der Waals surface area contributed by atoms with Crippen LogP contribution in [0.15, 0.2) is 41.1 Å². The Kier molecular flexibility index (Phi) is 3.32. The molecular weight excluding hydrogens is 250 g/mol. The Balaban J connectivity index is 1.75. The molecule has 2 heterocycles. The van der Waals surface area contributed by atoms with Crippen molar-refractivity contribution in [1.29, 1.82) is 0 Å². The monoisotopic (exact) mass is 269 g/mol. The second-order valence-electron chi connectivity index (χ2n) is 5.17. The van der Waals surface area contributed by atoms with Gasteiger partial charge in [-0.15, -0.1) is 0 Å². The van der Waals surface area contributed by atoms with Gasteiger partial charge in [0, 0.05) is 41.8 Å². The third-order valence-electron chi connectivity index (χ3n) is 3.90. The van der Waals surface area contributed by atoms with Gasteiger partial charge in [0.15, 0.2) is 0 Å². The maximum absolute atomic E-state index is 5.56. The smallest absolute Gasteiger partial charge is 0.134 e. The zero-order valence-corrected chi connectivity index (χ0v) is 12.1. The van der Waals surface area contributed by atoms with Gasteiger partial charge in [-0.05, 0) is 19.9 Å². The van der Waals surface area contributed by atoms with Gasteiger partial charge in [0.2, 0.25) is 0 Å². The molecule has 0 spiro atoms. The highest BCUT2D eigenvalue weighted by Crippen LogP contribution is 2.22. The van der Waals surface area contributed by atoms with Crippen molar-refractivity contribution < 1.29 is 4.42 Å². The number of aromatic nitrogens is 2. The van der Waals surface area contributed by atoms with Gasteiger partial charge < -0.3 is 9.73 Å². The first-order valence-electron chi connectivity index (χ1n) is 6.84. The largest absolute Gasteiger partial charge is 0.464 e. The Morgan fingerprint density at radius 2 is 2.15 bits per heavy atom. The average Bonchev–Trinajstić information content (AvgIpc) is 3.01. The number of nitrogens with one attached hydrogen (secondary N) is 1. The number of nitrogens with zero attached hydrogens (tertiary/aromatic N) is 2. The standard InChI is InChI=1S/C16H19N3O/c1-11(15-9-18-19(3)12(15)2)17-8-13-10-20-16-7-5-4-6-14(13)16/h4-7,9-11,17H,8H2,1-3H3. The molecule has 0 saturated carbocycles. The van der Waals surface area contributed by atoms with Gasteiger partial charge in [-0.3, -0.25) is 4.68 Å². The first-order valence-corrected chi connectivity index (χ1v) is 6.84. The van der Waals surface area contributed by atoms with Crippen molar-refractivity contribution >= 4 is 11.0 Å². The molecule has 1 unspecified atom stereocenters. The zero-order chi connectivity index (χ0) is 14.1. The molecule has 0 saturated heterocycles. The van der Waals surface area contributed by atoms with Gasteiger partial charge in [-0.25, -0.2) is 0 Å². The highest BCUT2D eigenvalue weighted by Gasteiger charge is 2.12. The molecule has 3 rings (SSSR count). The van der Waals surface area contributed by atoms with E-state index in [2.05, 4.69) is 30.3 Å². The van der Waals surface area contributed by atoms with E-state index < -0.39 is 0 Å². The van der Waals surface area contributed by atoms with Gasteiger partial charge >= 0.3 is 0 Å². The van der Waals surface area contributed by atoms with Gasteiger partial charge in [0.05, 0.1) is 12.5 Å². The SMILES string of the molecule is Cc1c(C(C)NCc2coc3ccccc23)cnn1C. The predicted octanol–water partition coefficient (Wildman–Crippen LogP) is 3.33. The van der Waals surface area contributed by atoms with Crippen LogP contribution < -0.4 is 5.32 Å². The number of hydrogen-bond donors (Lipinski definition) is 1. The van der Waals surface area contributed by atoms with Crippen molar-refractivity contribution in [2.75, 3.05) is 0 Å². The summed E-state index contributed by atoms with van der Waals surface area (Å²) in [6.45, 7) is 5.03. The fraction of sp³-hybridized carbons (Fsp3) is 0.312. The quantitative estimate of drug-likeness (QED) is 0.790. The molecule has 0 aliphatic rings. The second-order valence-corrected chi connectivity index (χ2v) is 5.17. The van der Waals surface area contributed by atoms with Crippen molar-refractivity contribution in [1.82, 2.24) is 15.1 Å². The molecule has 20 heavy (non-hydrogen) atoms. The summed E-state index contributed by atoms with van der Waals surface area (Å²) < 4.78 is 7.46. The van der Waals surface area contributed by atoms with Gasteiger partial charge in [0.25, 0.3) is 0 Å². The molecule has 4 heteroatoms. The molecule has 0 aliphatic heterocycles. The lowest BCUT2D eigenvalue weighted by molar-refractivity contribution is 0.559. The summed E-state index contributed by atoms with van der Waals surface area (Å²) in [5.41, 5.74) is 4.56. The molecular formula is C16H19N3O. The summed E-state index contributed by atoms with van der Waals surface area (Å²) >= 11 is 0. The third-order valence-corrected chi connectivity index (χ3v) is 3.90.